The first kappa shape index (κ1) is 11.9. The smallest absolute Gasteiger partial charge is 0.425 e. The highest BCUT2D eigenvalue weighted by Gasteiger charge is 2.47. The highest BCUT2D eigenvalue weighted by Crippen LogP contribution is 2.28. The minimum atomic E-state index is -0.877. The van der Waals surface area contributed by atoms with Crippen LogP contribution in [-0.2, 0) is 9.53 Å². The van der Waals surface area contributed by atoms with Gasteiger partial charge in [0.05, 0.1) is 0 Å². The Balaban J connectivity index is 2.11. The summed E-state index contributed by atoms with van der Waals surface area (Å²) in [6.45, 7) is 5.68. The number of urea groups is 1. The van der Waals surface area contributed by atoms with Crippen LogP contribution in [0.2, 0.25) is 0 Å². The van der Waals surface area contributed by atoms with Gasteiger partial charge in [0.25, 0.3) is 0 Å². The van der Waals surface area contributed by atoms with Gasteiger partial charge in [-0.3, -0.25) is 4.79 Å². The van der Waals surface area contributed by atoms with E-state index < -0.39 is 23.6 Å². The standard InChI is InChI=1S/C11H16N2O4/c1-11(2,3)17-10(16)13-8(14)6-7-4-5-12(7)9(13)15/h7H,4-6H2,1-3H3. The van der Waals surface area contributed by atoms with Crippen LogP contribution in [0, 0.1) is 0 Å². The fourth-order valence-electron chi connectivity index (χ4n) is 1.92. The highest BCUT2D eigenvalue weighted by molar-refractivity contribution is 6.10. The van der Waals surface area contributed by atoms with Gasteiger partial charge in [-0.25, -0.2) is 9.59 Å². The van der Waals surface area contributed by atoms with Crippen LogP contribution in [0.5, 0.6) is 0 Å². The van der Waals surface area contributed by atoms with Gasteiger partial charge >= 0.3 is 12.1 Å². The Morgan fingerprint density at radius 1 is 1.35 bits per heavy atom. The summed E-state index contributed by atoms with van der Waals surface area (Å²) in [5.41, 5.74) is -0.719. The lowest BCUT2D eigenvalue weighted by Gasteiger charge is -2.46. The van der Waals surface area contributed by atoms with E-state index in [-0.39, 0.29) is 12.5 Å². The van der Waals surface area contributed by atoms with Crippen molar-refractivity contribution in [1.29, 1.82) is 0 Å². The molecule has 2 aliphatic rings. The molecule has 2 aliphatic heterocycles. The summed E-state index contributed by atoms with van der Waals surface area (Å²) in [4.78, 5) is 37.4. The summed E-state index contributed by atoms with van der Waals surface area (Å²) < 4.78 is 5.04. The molecule has 0 bridgehead atoms. The molecule has 0 radical (unpaired) electrons. The molecular weight excluding hydrogens is 224 g/mol. The van der Waals surface area contributed by atoms with Gasteiger partial charge in [-0.2, -0.15) is 4.90 Å². The highest BCUT2D eigenvalue weighted by atomic mass is 16.6. The third-order valence-electron chi connectivity index (χ3n) is 2.82. The van der Waals surface area contributed by atoms with Crippen LogP contribution in [0.15, 0.2) is 0 Å². The molecule has 0 aromatic heterocycles. The van der Waals surface area contributed by atoms with Gasteiger partial charge in [-0.15, -0.1) is 0 Å². The van der Waals surface area contributed by atoms with Crippen LogP contribution in [0.25, 0.3) is 0 Å². The van der Waals surface area contributed by atoms with E-state index >= 15 is 0 Å². The Labute approximate surface area is 99.5 Å². The third kappa shape index (κ3) is 2.11. The second-order valence-corrected chi connectivity index (χ2v) is 5.33. The van der Waals surface area contributed by atoms with E-state index in [4.69, 9.17) is 4.74 Å². The van der Waals surface area contributed by atoms with Crippen molar-refractivity contribution in [2.75, 3.05) is 6.54 Å². The van der Waals surface area contributed by atoms with E-state index in [1.165, 1.54) is 4.90 Å². The lowest BCUT2D eigenvalue weighted by atomic mass is 9.97. The minimum Gasteiger partial charge on any atom is -0.443 e. The Bertz CT molecular complexity index is 385. The van der Waals surface area contributed by atoms with Crippen LogP contribution >= 0.6 is 0 Å². The molecule has 0 saturated carbocycles. The summed E-state index contributed by atoms with van der Waals surface area (Å²) in [7, 11) is 0. The Morgan fingerprint density at radius 2 is 2.00 bits per heavy atom. The van der Waals surface area contributed by atoms with E-state index in [0.717, 1.165) is 6.42 Å². The van der Waals surface area contributed by atoms with Crippen molar-refractivity contribution >= 4 is 18.0 Å². The van der Waals surface area contributed by atoms with Crippen molar-refractivity contribution in [3.63, 3.8) is 0 Å². The van der Waals surface area contributed by atoms with Crippen molar-refractivity contribution in [1.82, 2.24) is 9.80 Å². The summed E-state index contributed by atoms with van der Waals surface area (Å²) in [6.07, 6.45) is 0.169. The maximum atomic E-state index is 11.9. The SMILES string of the molecule is CC(C)(C)OC(=O)N1C(=O)CC2CCN2C1=O. The van der Waals surface area contributed by atoms with E-state index in [0.29, 0.717) is 11.4 Å². The molecule has 4 amide bonds. The molecule has 0 spiro atoms. The summed E-state index contributed by atoms with van der Waals surface area (Å²) in [5.74, 6) is -0.467. The number of carbonyl (C=O) groups is 3. The van der Waals surface area contributed by atoms with Gasteiger partial charge in [-0.1, -0.05) is 0 Å². The van der Waals surface area contributed by atoms with Crippen LogP contribution < -0.4 is 0 Å². The predicted molar refractivity (Wildman–Crippen MR) is 58.2 cm³/mol. The number of carbonyl (C=O) groups excluding carboxylic acids is 3. The number of rotatable bonds is 0. The topological polar surface area (TPSA) is 66.9 Å². The quantitative estimate of drug-likeness (QED) is 0.641. The Morgan fingerprint density at radius 3 is 2.47 bits per heavy atom. The molecule has 2 rings (SSSR count). The lowest BCUT2D eigenvalue weighted by molar-refractivity contribution is -0.134. The van der Waals surface area contributed by atoms with Crippen LogP contribution in [0.1, 0.15) is 33.6 Å². The second kappa shape index (κ2) is 3.72. The number of amides is 4. The van der Waals surface area contributed by atoms with Crippen LogP contribution in [0.4, 0.5) is 9.59 Å². The molecular formula is C11H16N2O4. The van der Waals surface area contributed by atoms with E-state index in [9.17, 15) is 14.4 Å². The molecule has 6 heteroatoms. The molecule has 2 saturated heterocycles. The molecule has 94 valence electrons. The van der Waals surface area contributed by atoms with E-state index in [1.807, 2.05) is 0 Å². The first-order chi connectivity index (χ1) is 7.79. The molecule has 1 unspecified atom stereocenters. The Kier molecular flexibility index (Phi) is 2.60. The molecule has 0 aliphatic carbocycles. The number of imide groups is 3. The summed E-state index contributed by atoms with van der Waals surface area (Å²) in [5, 5.41) is 0. The normalized spacial score (nSPS) is 24.3. The zero-order chi connectivity index (χ0) is 12.8. The van der Waals surface area contributed by atoms with Gasteiger partial charge in [0, 0.05) is 19.0 Å². The molecule has 2 heterocycles. The number of ether oxygens (including phenoxy) is 1. The monoisotopic (exact) mass is 240 g/mol. The molecule has 17 heavy (non-hydrogen) atoms. The fraction of sp³-hybridized carbons (Fsp3) is 0.727. The fourth-order valence-corrected chi connectivity index (χ4v) is 1.92. The molecule has 6 nitrogen and oxygen atoms in total. The van der Waals surface area contributed by atoms with Gasteiger partial charge in [0.1, 0.15) is 5.60 Å². The van der Waals surface area contributed by atoms with Crippen molar-refractivity contribution in [2.24, 2.45) is 0 Å². The average Bonchev–Trinajstić information content (AvgIpc) is 2.07. The number of fused-ring (bicyclic) bond motifs is 1. The molecule has 1 atom stereocenters. The molecule has 0 aromatic carbocycles. The second-order valence-electron chi connectivity index (χ2n) is 5.33. The molecule has 0 aromatic rings. The van der Waals surface area contributed by atoms with Crippen molar-refractivity contribution < 1.29 is 19.1 Å². The molecule has 0 N–H and O–H groups in total. The zero-order valence-electron chi connectivity index (χ0n) is 10.2. The maximum Gasteiger partial charge on any atom is 0.425 e. The minimum absolute atomic E-state index is 0.0197. The zero-order valence-corrected chi connectivity index (χ0v) is 10.2. The van der Waals surface area contributed by atoms with Gasteiger partial charge in [0.15, 0.2) is 0 Å². The summed E-state index contributed by atoms with van der Waals surface area (Å²) in [6, 6.07) is -0.569. The number of nitrogens with zero attached hydrogens (tertiary/aromatic N) is 2. The lowest BCUT2D eigenvalue weighted by Crippen LogP contribution is -2.64. The average molecular weight is 240 g/mol. The largest absolute Gasteiger partial charge is 0.443 e. The first-order valence-corrected chi connectivity index (χ1v) is 5.66. The maximum absolute atomic E-state index is 11.9. The van der Waals surface area contributed by atoms with Crippen molar-refractivity contribution in [3.8, 4) is 0 Å². The predicted octanol–water partition coefficient (Wildman–Crippen LogP) is 1.35. The van der Waals surface area contributed by atoms with E-state index in [2.05, 4.69) is 0 Å². The number of hydrogen-bond donors (Lipinski definition) is 0. The number of hydrogen-bond acceptors (Lipinski definition) is 4. The Hall–Kier alpha value is -1.59. The van der Waals surface area contributed by atoms with Gasteiger partial charge in [-0.05, 0) is 27.2 Å². The van der Waals surface area contributed by atoms with Crippen LogP contribution in [0.3, 0.4) is 0 Å². The van der Waals surface area contributed by atoms with Gasteiger partial charge < -0.3 is 9.64 Å². The van der Waals surface area contributed by atoms with Crippen LogP contribution in [-0.4, -0.2) is 46.0 Å². The van der Waals surface area contributed by atoms with E-state index in [1.54, 1.807) is 20.8 Å². The van der Waals surface area contributed by atoms with Gasteiger partial charge in [0.2, 0.25) is 5.91 Å². The van der Waals surface area contributed by atoms with Crippen molar-refractivity contribution in [2.45, 2.75) is 45.3 Å². The summed E-state index contributed by atoms with van der Waals surface area (Å²) >= 11 is 0. The molecule has 2 fully saturated rings. The first-order valence-electron chi connectivity index (χ1n) is 5.66. The van der Waals surface area contributed by atoms with Crippen molar-refractivity contribution in [3.05, 3.63) is 0 Å². The third-order valence-corrected chi connectivity index (χ3v) is 2.82.